The minimum Gasteiger partial charge on any atom is -0.489 e. The van der Waals surface area contributed by atoms with Crippen LogP contribution in [0.15, 0.2) is 54.6 Å². The van der Waals surface area contributed by atoms with Gasteiger partial charge in [0.2, 0.25) is 0 Å². The first kappa shape index (κ1) is 15.1. The minimum absolute atomic E-state index is 0.457. The van der Waals surface area contributed by atoms with Crippen molar-refractivity contribution in [3.63, 3.8) is 0 Å². The predicted molar refractivity (Wildman–Crippen MR) is 87.8 cm³/mol. The monoisotopic (exact) mass is 297 g/mol. The van der Waals surface area contributed by atoms with E-state index in [-0.39, 0.29) is 0 Å². The predicted octanol–water partition coefficient (Wildman–Crippen LogP) is 3.30. The number of hydrogen-bond donors (Lipinski definition) is 2. The lowest BCUT2D eigenvalue weighted by molar-refractivity contribution is 0.174. The van der Waals surface area contributed by atoms with Crippen LogP contribution in [0.2, 0.25) is 0 Å². The highest BCUT2D eigenvalue weighted by atomic mass is 16.5. The van der Waals surface area contributed by atoms with Crippen LogP contribution in [0.4, 0.5) is 0 Å². The second-order valence-electron chi connectivity index (χ2n) is 5.96. The molecule has 1 unspecified atom stereocenters. The smallest absolute Gasteiger partial charge is 0.119 e. The Kier molecular flexibility index (Phi) is 5.09. The molecule has 0 amide bonds. The lowest BCUT2D eigenvalue weighted by Gasteiger charge is -2.13. The third-order valence-corrected chi connectivity index (χ3v) is 3.98. The first-order chi connectivity index (χ1) is 10.8. The summed E-state index contributed by atoms with van der Waals surface area (Å²) in [6.45, 7) is 2.20. The maximum atomic E-state index is 10.1. The molecule has 0 aliphatic heterocycles. The van der Waals surface area contributed by atoms with Crippen LogP contribution in [0.5, 0.6) is 5.75 Å². The van der Waals surface area contributed by atoms with Crippen LogP contribution in [0.3, 0.4) is 0 Å². The molecule has 2 aromatic carbocycles. The third-order valence-electron chi connectivity index (χ3n) is 3.98. The Balaban J connectivity index is 1.46. The fraction of sp³-hybridized carbons (Fsp3) is 0.368. The van der Waals surface area contributed by atoms with Gasteiger partial charge >= 0.3 is 0 Å². The molecule has 22 heavy (non-hydrogen) atoms. The van der Waals surface area contributed by atoms with Gasteiger partial charge in [0.15, 0.2) is 0 Å². The molecular weight excluding hydrogens is 274 g/mol. The number of benzene rings is 2. The minimum atomic E-state index is -0.457. The summed E-state index contributed by atoms with van der Waals surface area (Å²) in [5, 5.41) is 13.5. The molecule has 1 atom stereocenters. The van der Waals surface area contributed by atoms with Gasteiger partial charge in [-0.3, -0.25) is 0 Å². The molecule has 1 aliphatic carbocycles. The zero-order chi connectivity index (χ0) is 15.2. The molecule has 0 saturated heterocycles. The summed E-state index contributed by atoms with van der Waals surface area (Å²) >= 11 is 0. The van der Waals surface area contributed by atoms with Gasteiger partial charge in [-0.2, -0.15) is 0 Å². The summed E-state index contributed by atoms with van der Waals surface area (Å²) in [4.78, 5) is 0. The third kappa shape index (κ3) is 4.58. The van der Waals surface area contributed by atoms with E-state index in [9.17, 15) is 5.11 Å². The molecule has 3 rings (SSSR count). The first-order valence-corrected chi connectivity index (χ1v) is 7.97. The van der Waals surface area contributed by atoms with Crippen LogP contribution in [0, 0.1) is 5.92 Å². The van der Waals surface area contributed by atoms with E-state index in [4.69, 9.17) is 4.74 Å². The fourth-order valence-electron chi connectivity index (χ4n) is 2.39. The molecule has 1 aliphatic rings. The van der Waals surface area contributed by atoms with Gasteiger partial charge in [0.25, 0.3) is 0 Å². The average molecular weight is 297 g/mol. The van der Waals surface area contributed by atoms with Crippen molar-refractivity contribution in [2.45, 2.75) is 25.6 Å². The van der Waals surface area contributed by atoms with Crippen molar-refractivity contribution in [1.29, 1.82) is 0 Å². The Labute approximate surface area is 131 Å². The van der Waals surface area contributed by atoms with Crippen LogP contribution < -0.4 is 10.1 Å². The second-order valence-corrected chi connectivity index (χ2v) is 5.96. The quantitative estimate of drug-likeness (QED) is 0.785. The van der Waals surface area contributed by atoms with E-state index < -0.39 is 6.10 Å². The van der Waals surface area contributed by atoms with Crippen molar-refractivity contribution < 1.29 is 9.84 Å². The van der Waals surface area contributed by atoms with E-state index in [0.717, 1.165) is 29.3 Å². The van der Waals surface area contributed by atoms with E-state index in [0.29, 0.717) is 13.2 Å². The van der Waals surface area contributed by atoms with Crippen molar-refractivity contribution in [1.82, 2.24) is 5.32 Å². The van der Waals surface area contributed by atoms with Crippen LogP contribution in [-0.2, 0) is 6.61 Å². The lowest BCUT2D eigenvalue weighted by Crippen LogP contribution is -2.23. The van der Waals surface area contributed by atoms with Crippen molar-refractivity contribution in [3.8, 4) is 5.75 Å². The second kappa shape index (κ2) is 7.43. The topological polar surface area (TPSA) is 41.5 Å². The van der Waals surface area contributed by atoms with Crippen LogP contribution >= 0.6 is 0 Å². The van der Waals surface area contributed by atoms with Gasteiger partial charge in [-0.1, -0.05) is 42.5 Å². The molecule has 0 heterocycles. The standard InChI is InChI=1S/C19H23NO2/c21-19(13-20-12-15-6-7-15)17-8-10-18(11-9-17)22-14-16-4-2-1-3-5-16/h1-5,8-11,15,19-21H,6-7,12-14H2. The van der Waals surface area contributed by atoms with Crippen molar-refractivity contribution in [2.75, 3.05) is 13.1 Å². The highest BCUT2D eigenvalue weighted by Gasteiger charge is 2.20. The Hall–Kier alpha value is -1.84. The summed E-state index contributed by atoms with van der Waals surface area (Å²) in [6.07, 6.45) is 2.20. The Bertz CT molecular complexity index is 564. The number of aliphatic hydroxyl groups is 1. The summed E-state index contributed by atoms with van der Waals surface area (Å²) in [6, 6.07) is 17.8. The van der Waals surface area contributed by atoms with Crippen LogP contribution in [0.25, 0.3) is 0 Å². The molecule has 0 bridgehead atoms. The molecule has 3 nitrogen and oxygen atoms in total. The van der Waals surface area contributed by atoms with Gasteiger partial charge in [-0.05, 0) is 48.6 Å². The Morgan fingerprint density at radius 3 is 2.45 bits per heavy atom. The van der Waals surface area contributed by atoms with E-state index in [1.807, 2.05) is 54.6 Å². The normalized spacial score (nSPS) is 15.5. The van der Waals surface area contributed by atoms with Gasteiger partial charge in [0, 0.05) is 6.54 Å². The van der Waals surface area contributed by atoms with E-state index >= 15 is 0 Å². The van der Waals surface area contributed by atoms with E-state index in [1.165, 1.54) is 12.8 Å². The van der Waals surface area contributed by atoms with Crippen LogP contribution in [-0.4, -0.2) is 18.2 Å². The molecule has 1 fully saturated rings. The van der Waals surface area contributed by atoms with E-state index in [2.05, 4.69) is 5.32 Å². The lowest BCUT2D eigenvalue weighted by atomic mass is 10.1. The summed E-state index contributed by atoms with van der Waals surface area (Å²) < 4.78 is 5.75. The molecular formula is C19H23NO2. The maximum absolute atomic E-state index is 10.1. The summed E-state index contributed by atoms with van der Waals surface area (Å²) in [5.74, 6) is 1.66. The van der Waals surface area contributed by atoms with Crippen molar-refractivity contribution >= 4 is 0 Å². The van der Waals surface area contributed by atoms with Crippen molar-refractivity contribution in [2.24, 2.45) is 5.92 Å². The molecule has 0 aromatic heterocycles. The summed E-state index contributed by atoms with van der Waals surface area (Å²) in [5.41, 5.74) is 2.08. The highest BCUT2D eigenvalue weighted by molar-refractivity contribution is 5.29. The SMILES string of the molecule is OC(CNCC1CC1)c1ccc(OCc2ccccc2)cc1. The molecule has 0 radical (unpaired) electrons. The average Bonchev–Trinajstić information content (AvgIpc) is 3.38. The Morgan fingerprint density at radius 1 is 1.05 bits per heavy atom. The van der Waals surface area contributed by atoms with Gasteiger partial charge in [-0.15, -0.1) is 0 Å². The number of rotatable bonds is 8. The number of hydrogen-bond acceptors (Lipinski definition) is 3. The molecule has 1 saturated carbocycles. The molecule has 116 valence electrons. The first-order valence-electron chi connectivity index (χ1n) is 7.97. The molecule has 2 N–H and O–H groups in total. The van der Waals surface area contributed by atoms with E-state index in [1.54, 1.807) is 0 Å². The fourth-order valence-corrected chi connectivity index (χ4v) is 2.39. The zero-order valence-corrected chi connectivity index (χ0v) is 12.7. The Morgan fingerprint density at radius 2 is 1.77 bits per heavy atom. The number of ether oxygens (including phenoxy) is 1. The maximum Gasteiger partial charge on any atom is 0.119 e. The number of aliphatic hydroxyl groups excluding tert-OH is 1. The van der Waals surface area contributed by atoms with Gasteiger partial charge in [0.05, 0.1) is 6.10 Å². The van der Waals surface area contributed by atoms with Gasteiger partial charge in [-0.25, -0.2) is 0 Å². The highest BCUT2D eigenvalue weighted by Crippen LogP contribution is 2.27. The summed E-state index contributed by atoms with van der Waals surface area (Å²) in [7, 11) is 0. The molecule has 0 spiro atoms. The largest absolute Gasteiger partial charge is 0.489 e. The number of nitrogens with one attached hydrogen (secondary N) is 1. The van der Waals surface area contributed by atoms with Gasteiger partial charge in [0.1, 0.15) is 12.4 Å². The zero-order valence-electron chi connectivity index (χ0n) is 12.7. The van der Waals surface area contributed by atoms with Crippen molar-refractivity contribution in [3.05, 3.63) is 65.7 Å². The molecule has 3 heteroatoms. The molecule has 2 aromatic rings. The van der Waals surface area contributed by atoms with Crippen LogP contribution in [0.1, 0.15) is 30.1 Å². The van der Waals surface area contributed by atoms with Gasteiger partial charge < -0.3 is 15.2 Å².